The van der Waals surface area contributed by atoms with Gasteiger partial charge in [0.25, 0.3) is 0 Å². The van der Waals surface area contributed by atoms with Crippen LogP contribution in [0.4, 0.5) is 14.5 Å². The van der Waals surface area contributed by atoms with Gasteiger partial charge in [-0.1, -0.05) is 18.2 Å². The molecule has 0 aliphatic heterocycles. The molecule has 142 valence electrons. The summed E-state index contributed by atoms with van der Waals surface area (Å²) in [5.74, 6) is 0.0233. The monoisotopic (exact) mass is 382 g/mol. The number of ether oxygens (including phenoxy) is 1. The van der Waals surface area contributed by atoms with E-state index in [1.54, 1.807) is 24.3 Å². The van der Waals surface area contributed by atoms with Crippen molar-refractivity contribution in [1.82, 2.24) is 9.78 Å². The van der Waals surface area contributed by atoms with Gasteiger partial charge in [0.1, 0.15) is 5.75 Å². The van der Waals surface area contributed by atoms with Crippen LogP contribution in [0.25, 0.3) is 5.69 Å². The summed E-state index contributed by atoms with van der Waals surface area (Å²) in [5, 5.41) is 11.7. The summed E-state index contributed by atoms with van der Waals surface area (Å²) < 4.78 is 30.3. The van der Waals surface area contributed by atoms with Crippen LogP contribution in [0.2, 0.25) is 0 Å². The van der Waals surface area contributed by atoms with Gasteiger partial charge in [-0.15, -0.1) is 0 Å². The minimum absolute atomic E-state index is 0.0233. The van der Waals surface area contributed by atoms with E-state index in [-0.39, 0.29) is 23.3 Å². The van der Waals surface area contributed by atoms with Crippen molar-refractivity contribution in [3.05, 3.63) is 82.8 Å². The van der Waals surface area contributed by atoms with E-state index in [4.69, 9.17) is 5.41 Å². The maximum atomic E-state index is 12.3. The highest BCUT2D eigenvalue weighted by Crippen LogP contribution is 2.17. The van der Waals surface area contributed by atoms with Crippen molar-refractivity contribution in [1.29, 1.82) is 5.41 Å². The van der Waals surface area contributed by atoms with Gasteiger partial charge in [-0.2, -0.15) is 13.9 Å². The molecule has 0 atom stereocenters. The average Bonchev–Trinajstić information content (AvgIpc) is 2.69. The average molecular weight is 382 g/mol. The Hall–Kier alpha value is -3.68. The number of alkyl halides is 2. The molecule has 2 aromatic carbocycles. The third-order valence-electron chi connectivity index (χ3n) is 3.72. The number of hydrogen-bond acceptors (Lipinski definition) is 5. The van der Waals surface area contributed by atoms with Crippen LogP contribution in [0, 0.1) is 5.41 Å². The normalized spacial score (nSPS) is 11.5. The van der Waals surface area contributed by atoms with Crippen molar-refractivity contribution in [3.63, 3.8) is 0 Å². The van der Waals surface area contributed by atoms with Crippen molar-refractivity contribution < 1.29 is 13.5 Å². The Bertz CT molecular complexity index is 1030. The first-order valence-electron chi connectivity index (χ1n) is 8.34. The second-order valence-electron chi connectivity index (χ2n) is 5.65. The number of nitrogens with one attached hydrogen (secondary N) is 1. The first kappa shape index (κ1) is 19.1. The van der Waals surface area contributed by atoms with Gasteiger partial charge in [0.2, 0.25) is 5.43 Å². The molecule has 0 amide bonds. The third-order valence-corrected chi connectivity index (χ3v) is 3.72. The highest BCUT2D eigenvalue weighted by Gasteiger charge is 2.12. The number of hydrogen-bond donors (Lipinski definition) is 1. The first-order chi connectivity index (χ1) is 13.6. The highest BCUT2D eigenvalue weighted by molar-refractivity contribution is 6.06. The smallest absolute Gasteiger partial charge is 0.387 e. The molecule has 0 fully saturated rings. The van der Waals surface area contributed by atoms with Crippen LogP contribution in [-0.2, 0) is 0 Å². The van der Waals surface area contributed by atoms with Crippen LogP contribution in [0.15, 0.2) is 76.6 Å². The van der Waals surface area contributed by atoms with Crippen LogP contribution >= 0.6 is 0 Å². The summed E-state index contributed by atoms with van der Waals surface area (Å²) in [6, 6.07) is 16.3. The minimum Gasteiger partial charge on any atom is -0.435 e. The molecule has 0 aliphatic carbocycles. The lowest BCUT2D eigenvalue weighted by Gasteiger charge is -2.10. The van der Waals surface area contributed by atoms with Crippen LogP contribution in [-0.4, -0.2) is 28.3 Å². The number of aliphatic imine (C=N–C) groups is 1. The lowest BCUT2D eigenvalue weighted by atomic mass is 10.2. The Balaban J connectivity index is 1.99. The Labute approximate surface area is 159 Å². The molecule has 0 aliphatic rings. The fourth-order valence-corrected chi connectivity index (χ4v) is 2.48. The van der Waals surface area contributed by atoms with E-state index in [9.17, 15) is 13.6 Å². The van der Waals surface area contributed by atoms with Gasteiger partial charge >= 0.3 is 6.61 Å². The van der Waals surface area contributed by atoms with E-state index in [1.807, 2.05) is 18.2 Å². The number of para-hydroxylation sites is 1. The highest BCUT2D eigenvalue weighted by atomic mass is 19.3. The molecule has 0 radical (unpaired) electrons. The standard InChI is InChI=1S/C20H16F2N4O2/c21-20(22)28-16-8-6-15(7-9-16)26-13-11-18(27)19(25-26)17(10-12-23)24-14-4-2-1-3-5-14/h1-9,11-13,20,23H,10H2. The molecular weight excluding hydrogens is 366 g/mol. The fourth-order valence-electron chi connectivity index (χ4n) is 2.48. The Morgan fingerprint density at radius 1 is 1.14 bits per heavy atom. The molecule has 1 heterocycles. The molecule has 1 N–H and O–H groups in total. The van der Waals surface area contributed by atoms with E-state index in [0.29, 0.717) is 17.1 Å². The topological polar surface area (TPSA) is 80.3 Å². The lowest BCUT2D eigenvalue weighted by Crippen LogP contribution is -2.21. The molecule has 3 aromatic rings. The summed E-state index contributed by atoms with van der Waals surface area (Å²) in [4.78, 5) is 16.8. The van der Waals surface area contributed by atoms with Crippen LogP contribution in [0.5, 0.6) is 5.75 Å². The fraction of sp³-hybridized carbons (Fsp3) is 0.100. The molecule has 28 heavy (non-hydrogen) atoms. The zero-order valence-corrected chi connectivity index (χ0v) is 14.6. The molecule has 1 aromatic heterocycles. The maximum Gasteiger partial charge on any atom is 0.387 e. The van der Waals surface area contributed by atoms with Crippen molar-refractivity contribution in [3.8, 4) is 11.4 Å². The molecule has 0 bridgehead atoms. The molecule has 0 spiro atoms. The summed E-state index contributed by atoms with van der Waals surface area (Å²) in [6.07, 6.45) is 2.76. The number of benzene rings is 2. The Morgan fingerprint density at radius 2 is 1.86 bits per heavy atom. The van der Waals surface area contributed by atoms with E-state index in [1.165, 1.54) is 29.1 Å². The number of aromatic nitrogens is 2. The van der Waals surface area contributed by atoms with Crippen molar-refractivity contribution in [2.45, 2.75) is 13.0 Å². The number of nitrogens with zero attached hydrogens (tertiary/aromatic N) is 3. The van der Waals surface area contributed by atoms with Gasteiger partial charge in [-0.3, -0.25) is 9.79 Å². The molecule has 0 unspecified atom stereocenters. The first-order valence-corrected chi connectivity index (χ1v) is 8.34. The zero-order chi connectivity index (χ0) is 19.9. The third kappa shape index (κ3) is 4.73. The molecule has 0 saturated carbocycles. The van der Waals surface area contributed by atoms with Crippen LogP contribution < -0.4 is 10.2 Å². The van der Waals surface area contributed by atoms with Gasteiger partial charge in [0.05, 0.1) is 17.1 Å². The van der Waals surface area contributed by atoms with Crippen LogP contribution in [0.3, 0.4) is 0 Å². The van der Waals surface area contributed by atoms with Gasteiger partial charge in [0.15, 0.2) is 5.69 Å². The predicted octanol–water partition coefficient (Wildman–Crippen LogP) is 3.99. The summed E-state index contributed by atoms with van der Waals surface area (Å²) >= 11 is 0. The largest absolute Gasteiger partial charge is 0.435 e. The van der Waals surface area contributed by atoms with Gasteiger partial charge in [-0.25, -0.2) is 4.68 Å². The minimum atomic E-state index is -2.90. The molecule has 3 rings (SSSR count). The number of rotatable bonds is 7. The van der Waals surface area contributed by atoms with Crippen molar-refractivity contribution in [2.24, 2.45) is 4.99 Å². The number of halogens is 2. The quantitative estimate of drug-likeness (QED) is 0.628. The lowest BCUT2D eigenvalue weighted by molar-refractivity contribution is -0.0498. The summed E-state index contributed by atoms with van der Waals surface area (Å²) in [5.41, 5.74) is 1.34. The molecular formula is C20H16F2N4O2. The second kappa shape index (κ2) is 8.81. The van der Waals surface area contributed by atoms with E-state index >= 15 is 0 Å². The van der Waals surface area contributed by atoms with Crippen LogP contribution in [0.1, 0.15) is 12.1 Å². The van der Waals surface area contributed by atoms with Crippen molar-refractivity contribution in [2.75, 3.05) is 0 Å². The van der Waals surface area contributed by atoms with Crippen molar-refractivity contribution >= 4 is 17.6 Å². The molecule has 8 heteroatoms. The SMILES string of the molecule is N=CCC(=Nc1ccccc1)c1nn(-c2ccc(OC(F)F)cc2)ccc1=O. The van der Waals surface area contributed by atoms with Gasteiger partial charge in [-0.05, 0) is 36.4 Å². The maximum absolute atomic E-state index is 12.3. The second-order valence-corrected chi connectivity index (χ2v) is 5.65. The van der Waals surface area contributed by atoms with E-state index < -0.39 is 6.61 Å². The Kier molecular flexibility index (Phi) is 6.01. The van der Waals surface area contributed by atoms with E-state index in [0.717, 1.165) is 6.21 Å². The molecule has 6 nitrogen and oxygen atoms in total. The van der Waals surface area contributed by atoms with E-state index in [2.05, 4.69) is 14.8 Å². The molecule has 0 saturated heterocycles. The summed E-state index contributed by atoms with van der Waals surface area (Å²) in [7, 11) is 0. The van der Waals surface area contributed by atoms with Gasteiger partial charge < -0.3 is 10.1 Å². The Morgan fingerprint density at radius 3 is 2.50 bits per heavy atom. The zero-order valence-electron chi connectivity index (χ0n) is 14.6. The summed E-state index contributed by atoms with van der Waals surface area (Å²) in [6.45, 7) is -2.90. The van der Waals surface area contributed by atoms with Gasteiger partial charge in [0, 0.05) is 24.9 Å². The predicted molar refractivity (Wildman–Crippen MR) is 103 cm³/mol.